The van der Waals surface area contributed by atoms with Crippen molar-refractivity contribution in [3.8, 4) is 0 Å². The lowest BCUT2D eigenvalue weighted by Gasteiger charge is -2.27. The molecular formula is C20H23N3O4. The fraction of sp³-hybridized carbons (Fsp3) is 0.250. The summed E-state index contributed by atoms with van der Waals surface area (Å²) in [5.41, 5.74) is 5.50. The number of hydrogen-bond donors (Lipinski definition) is 4. The van der Waals surface area contributed by atoms with Gasteiger partial charge in [-0.1, -0.05) is 74.5 Å². The van der Waals surface area contributed by atoms with E-state index in [1.807, 2.05) is 60.7 Å². The van der Waals surface area contributed by atoms with Gasteiger partial charge >= 0.3 is 12.0 Å². The molecule has 1 aliphatic rings. The van der Waals surface area contributed by atoms with Crippen molar-refractivity contribution in [2.45, 2.75) is 25.4 Å². The number of rotatable bonds is 4. The first kappa shape index (κ1) is 20.1. The van der Waals surface area contributed by atoms with Gasteiger partial charge in [-0.05, 0) is 17.0 Å². The van der Waals surface area contributed by atoms with Crippen LogP contribution in [0.5, 0.6) is 0 Å². The van der Waals surface area contributed by atoms with E-state index >= 15 is 0 Å². The van der Waals surface area contributed by atoms with Crippen molar-refractivity contribution >= 4 is 17.9 Å². The molecule has 7 nitrogen and oxygen atoms in total. The zero-order valence-electron chi connectivity index (χ0n) is 15.2. The van der Waals surface area contributed by atoms with Crippen LogP contribution < -0.4 is 16.4 Å². The van der Waals surface area contributed by atoms with Crippen molar-refractivity contribution in [2.75, 3.05) is 0 Å². The molecule has 142 valence electrons. The molecule has 0 unspecified atom stereocenters. The van der Waals surface area contributed by atoms with Crippen molar-refractivity contribution in [1.82, 2.24) is 10.6 Å². The lowest BCUT2D eigenvalue weighted by Crippen LogP contribution is -2.44. The first-order valence-corrected chi connectivity index (χ1v) is 8.52. The molecule has 27 heavy (non-hydrogen) atoms. The Bertz CT molecular complexity index is 767. The molecule has 1 aliphatic heterocycles. The van der Waals surface area contributed by atoms with Crippen LogP contribution in [-0.4, -0.2) is 29.1 Å². The molecule has 3 rings (SSSR count). The fourth-order valence-electron chi connectivity index (χ4n) is 2.69. The maximum atomic E-state index is 12.3. The van der Waals surface area contributed by atoms with Crippen molar-refractivity contribution in [3.05, 3.63) is 71.8 Å². The van der Waals surface area contributed by atoms with E-state index < -0.39 is 23.6 Å². The van der Waals surface area contributed by atoms with E-state index in [4.69, 9.17) is 10.8 Å². The lowest BCUT2D eigenvalue weighted by molar-refractivity contribution is -0.139. The molecule has 5 N–H and O–H groups in total. The number of nitrogens with two attached hydrogens (primary N) is 1. The molecule has 1 atom stereocenters. The number of amides is 3. The average molecular weight is 369 g/mol. The Kier molecular flexibility index (Phi) is 6.31. The third-order valence-electron chi connectivity index (χ3n) is 4.29. The van der Waals surface area contributed by atoms with Gasteiger partial charge in [-0.15, -0.1) is 0 Å². The molecule has 2 aromatic carbocycles. The van der Waals surface area contributed by atoms with Crippen LogP contribution in [0.2, 0.25) is 0 Å². The third kappa shape index (κ3) is 4.32. The van der Waals surface area contributed by atoms with Crippen LogP contribution in [0.25, 0.3) is 0 Å². The number of aliphatic carboxylic acids is 1. The van der Waals surface area contributed by atoms with Crippen molar-refractivity contribution < 1.29 is 19.5 Å². The second-order valence-electron chi connectivity index (χ2n) is 6.50. The Balaban J connectivity index is 0.000000279. The highest BCUT2D eigenvalue weighted by Gasteiger charge is 2.48. The summed E-state index contributed by atoms with van der Waals surface area (Å²) >= 11 is 0. The predicted octanol–water partition coefficient (Wildman–Crippen LogP) is 1.82. The fourth-order valence-corrected chi connectivity index (χ4v) is 2.69. The van der Waals surface area contributed by atoms with Gasteiger partial charge in [0.1, 0.15) is 6.04 Å². The maximum absolute atomic E-state index is 12.3. The second-order valence-corrected chi connectivity index (χ2v) is 6.50. The Morgan fingerprint density at radius 2 is 1.41 bits per heavy atom. The zero-order chi connectivity index (χ0) is 20.0. The highest BCUT2D eigenvalue weighted by Crippen LogP contribution is 2.32. The van der Waals surface area contributed by atoms with Crippen LogP contribution in [0.3, 0.4) is 0 Å². The summed E-state index contributed by atoms with van der Waals surface area (Å²) in [5.74, 6) is -1.26. The molecule has 0 saturated carbocycles. The molecule has 1 fully saturated rings. The molecule has 0 aromatic heterocycles. The third-order valence-corrected chi connectivity index (χ3v) is 4.29. The van der Waals surface area contributed by atoms with Gasteiger partial charge in [0.05, 0.1) is 0 Å². The van der Waals surface area contributed by atoms with Gasteiger partial charge in [-0.3, -0.25) is 14.9 Å². The minimum atomic E-state index is -1.14. The highest BCUT2D eigenvalue weighted by atomic mass is 16.4. The van der Waals surface area contributed by atoms with E-state index in [0.29, 0.717) is 0 Å². The van der Waals surface area contributed by atoms with Gasteiger partial charge in [0.15, 0.2) is 5.54 Å². The molecule has 3 amide bonds. The molecule has 0 radical (unpaired) electrons. The summed E-state index contributed by atoms with van der Waals surface area (Å²) in [6.45, 7) is 3.55. The maximum Gasteiger partial charge on any atom is 0.322 e. The largest absolute Gasteiger partial charge is 0.480 e. The quantitative estimate of drug-likeness (QED) is 0.613. The number of benzene rings is 2. The Morgan fingerprint density at radius 1 is 0.963 bits per heavy atom. The van der Waals surface area contributed by atoms with Crippen LogP contribution in [0.1, 0.15) is 25.0 Å². The summed E-state index contributed by atoms with van der Waals surface area (Å²) in [5, 5.41) is 13.3. The van der Waals surface area contributed by atoms with E-state index in [1.165, 1.54) is 0 Å². The summed E-state index contributed by atoms with van der Waals surface area (Å²) in [7, 11) is 0. The second kappa shape index (κ2) is 8.46. The number of carbonyl (C=O) groups is 3. The van der Waals surface area contributed by atoms with Gasteiger partial charge in [0.25, 0.3) is 5.91 Å². The van der Waals surface area contributed by atoms with E-state index in [2.05, 4.69) is 10.6 Å². The van der Waals surface area contributed by atoms with Gasteiger partial charge in [0.2, 0.25) is 0 Å². The minimum Gasteiger partial charge on any atom is -0.480 e. The summed E-state index contributed by atoms with van der Waals surface area (Å²) < 4.78 is 0. The molecular weight excluding hydrogens is 346 g/mol. The number of hydrogen-bond acceptors (Lipinski definition) is 4. The topological polar surface area (TPSA) is 122 Å². The van der Waals surface area contributed by atoms with Gasteiger partial charge in [0, 0.05) is 0 Å². The first-order chi connectivity index (χ1) is 12.8. The van der Waals surface area contributed by atoms with E-state index in [1.54, 1.807) is 13.8 Å². The van der Waals surface area contributed by atoms with Gasteiger partial charge < -0.3 is 16.2 Å². The summed E-state index contributed by atoms with van der Waals surface area (Å²) in [4.78, 5) is 33.9. The molecule has 1 saturated heterocycles. The average Bonchev–Trinajstić information content (AvgIpc) is 2.98. The summed E-state index contributed by atoms with van der Waals surface area (Å²) in [6, 6.07) is 17.3. The Labute approximate surface area is 157 Å². The van der Waals surface area contributed by atoms with Crippen molar-refractivity contribution in [3.63, 3.8) is 0 Å². The normalized spacial score (nSPS) is 16.0. The number of nitrogens with one attached hydrogen (secondary N) is 2. The molecule has 0 bridgehead atoms. The zero-order valence-corrected chi connectivity index (χ0v) is 15.2. The Hall–Kier alpha value is -3.19. The standard InChI is InChI=1S/C15H12N2O2.C5H11NO2/c18-13-15(17-14(19)16-13,11-7-3-1-4-8-11)12-9-5-2-6-10-12;1-3(2)4(6)5(7)8/h1-10H,(H2,16,17,18,19);3-4H,6H2,1-2H3,(H,7,8)/t;4-/m.0/s1. The molecule has 0 aliphatic carbocycles. The smallest absolute Gasteiger partial charge is 0.322 e. The number of carboxylic acid groups (broad SMARTS) is 1. The number of carboxylic acids is 1. The number of urea groups is 1. The van der Waals surface area contributed by atoms with E-state index in [0.717, 1.165) is 11.1 Å². The van der Waals surface area contributed by atoms with E-state index in [-0.39, 0.29) is 11.8 Å². The van der Waals surface area contributed by atoms with E-state index in [9.17, 15) is 14.4 Å². The van der Waals surface area contributed by atoms with Crippen LogP contribution >= 0.6 is 0 Å². The molecule has 1 heterocycles. The Morgan fingerprint density at radius 3 is 1.67 bits per heavy atom. The van der Waals surface area contributed by atoms with Crippen molar-refractivity contribution in [1.29, 1.82) is 0 Å². The van der Waals surface area contributed by atoms with Crippen molar-refractivity contribution in [2.24, 2.45) is 11.7 Å². The first-order valence-electron chi connectivity index (χ1n) is 8.52. The van der Waals surface area contributed by atoms with Gasteiger partial charge in [-0.25, -0.2) is 4.79 Å². The van der Waals surface area contributed by atoms with Gasteiger partial charge in [-0.2, -0.15) is 0 Å². The monoisotopic (exact) mass is 369 g/mol. The van der Waals surface area contributed by atoms with Crippen LogP contribution in [0, 0.1) is 5.92 Å². The summed E-state index contributed by atoms with van der Waals surface area (Å²) in [6.07, 6.45) is 0. The molecule has 0 spiro atoms. The highest BCUT2D eigenvalue weighted by molar-refractivity contribution is 6.09. The SMILES string of the molecule is CC(C)[C@H](N)C(=O)O.O=C1NC(=O)C(c2ccccc2)(c2ccccc2)N1. The number of carbonyl (C=O) groups excluding carboxylic acids is 2. The van der Waals surface area contributed by atoms with Crippen LogP contribution in [0.4, 0.5) is 4.79 Å². The molecule has 2 aromatic rings. The van der Waals surface area contributed by atoms with Crippen LogP contribution in [0.15, 0.2) is 60.7 Å². The lowest BCUT2D eigenvalue weighted by atomic mass is 9.83. The number of imide groups is 1. The molecule has 7 heteroatoms. The predicted molar refractivity (Wildman–Crippen MR) is 101 cm³/mol. The minimum absolute atomic E-state index is 0.0208. The van der Waals surface area contributed by atoms with Crippen LogP contribution in [-0.2, 0) is 15.1 Å².